The van der Waals surface area contributed by atoms with Crippen molar-refractivity contribution in [1.29, 1.82) is 0 Å². The molecule has 0 rings (SSSR count). The Morgan fingerprint density at radius 2 is 1.59 bits per heavy atom. The average molecular weight is 267 g/mol. The molecule has 0 bridgehead atoms. The van der Waals surface area contributed by atoms with Gasteiger partial charge in [0.25, 0.3) is 11.9 Å². The van der Waals surface area contributed by atoms with E-state index in [-0.39, 0.29) is 0 Å². The summed E-state index contributed by atoms with van der Waals surface area (Å²) in [6, 6.07) is 0. The Bertz CT molecular complexity index is 214. The van der Waals surface area contributed by atoms with Crippen molar-refractivity contribution < 1.29 is 19.8 Å². The largest absolute Gasteiger partial charge is 0.481 e. The highest BCUT2D eigenvalue weighted by atomic mass is 32.2. The number of thioether (sulfide) groups is 1. The molecule has 0 saturated heterocycles. The monoisotopic (exact) mass is 267 g/mol. The number of nitrogens with zero attached hydrogens (tertiary/aromatic N) is 1. The molecule has 0 saturated carbocycles. The van der Waals surface area contributed by atoms with Crippen LogP contribution in [0.15, 0.2) is 4.99 Å². The minimum Gasteiger partial charge on any atom is -0.481 e. The molecule has 17 heavy (non-hydrogen) atoms. The van der Waals surface area contributed by atoms with Crippen molar-refractivity contribution >= 4 is 28.9 Å². The van der Waals surface area contributed by atoms with Crippen molar-refractivity contribution in [2.24, 2.45) is 16.5 Å². The van der Waals surface area contributed by atoms with E-state index in [0.29, 0.717) is 11.7 Å². The third-order valence-electron chi connectivity index (χ3n) is 0.682. The van der Waals surface area contributed by atoms with Crippen LogP contribution in [0.2, 0.25) is 0 Å². The molecule has 0 aromatic rings. The van der Waals surface area contributed by atoms with E-state index in [1.807, 2.05) is 6.92 Å². The van der Waals surface area contributed by atoms with Crippen LogP contribution in [0.5, 0.6) is 0 Å². The summed E-state index contributed by atoms with van der Waals surface area (Å²) in [6.45, 7) is 5.53. The second kappa shape index (κ2) is 17.1. The standard InChI is InChI=1S/C5H13N3S.2C2H4O2/c1-2-8-5(7)9-4-3-6;2*1-2(3)4/h2-4,6H2,1H3,(H2,7,8);2*1H3,(H,3,4). The summed E-state index contributed by atoms with van der Waals surface area (Å²) in [7, 11) is 0. The molecular formula is C9H21N3O4S. The Hall–Kier alpha value is -1.28. The maximum atomic E-state index is 9.00. The highest BCUT2D eigenvalue weighted by molar-refractivity contribution is 8.13. The number of aliphatic imine (C=N–C) groups is 1. The molecule has 0 spiro atoms. The summed E-state index contributed by atoms with van der Waals surface area (Å²) in [5.74, 6) is -0.810. The molecule has 102 valence electrons. The van der Waals surface area contributed by atoms with Gasteiger partial charge in [0.15, 0.2) is 5.17 Å². The molecule has 0 aliphatic rings. The second-order valence-electron chi connectivity index (χ2n) is 2.49. The highest BCUT2D eigenvalue weighted by Crippen LogP contribution is 1.96. The van der Waals surface area contributed by atoms with E-state index in [0.717, 1.165) is 26.1 Å². The lowest BCUT2D eigenvalue weighted by Crippen LogP contribution is -2.11. The molecular weight excluding hydrogens is 246 g/mol. The quantitative estimate of drug-likeness (QED) is 0.423. The van der Waals surface area contributed by atoms with E-state index in [1.54, 1.807) is 0 Å². The molecule has 0 heterocycles. The van der Waals surface area contributed by atoms with Gasteiger partial charge in [0, 0.05) is 32.7 Å². The van der Waals surface area contributed by atoms with Gasteiger partial charge in [-0.3, -0.25) is 14.6 Å². The van der Waals surface area contributed by atoms with Crippen LogP contribution in [0.4, 0.5) is 0 Å². The predicted molar refractivity (Wildman–Crippen MR) is 70.3 cm³/mol. The molecule has 6 N–H and O–H groups in total. The summed E-state index contributed by atoms with van der Waals surface area (Å²) in [5, 5.41) is 15.5. The molecule has 0 radical (unpaired) electrons. The predicted octanol–water partition coefficient (Wildman–Crippen LogP) is 0.195. The summed E-state index contributed by atoms with van der Waals surface area (Å²) in [5.41, 5.74) is 10.7. The van der Waals surface area contributed by atoms with E-state index >= 15 is 0 Å². The molecule has 0 unspecified atom stereocenters. The molecule has 0 aromatic carbocycles. The lowest BCUT2D eigenvalue weighted by molar-refractivity contribution is -0.135. The van der Waals surface area contributed by atoms with Crippen molar-refractivity contribution in [3.63, 3.8) is 0 Å². The summed E-state index contributed by atoms with van der Waals surface area (Å²) >= 11 is 1.50. The highest BCUT2D eigenvalue weighted by Gasteiger charge is 1.88. The van der Waals surface area contributed by atoms with Crippen LogP contribution in [-0.4, -0.2) is 46.2 Å². The van der Waals surface area contributed by atoms with Crippen LogP contribution in [0.3, 0.4) is 0 Å². The smallest absolute Gasteiger partial charge is 0.300 e. The van der Waals surface area contributed by atoms with Gasteiger partial charge in [0.05, 0.1) is 0 Å². The normalized spacial score (nSPS) is 9.29. The van der Waals surface area contributed by atoms with Gasteiger partial charge >= 0.3 is 0 Å². The van der Waals surface area contributed by atoms with Gasteiger partial charge in [-0.2, -0.15) is 0 Å². The van der Waals surface area contributed by atoms with Crippen molar-refractivity contribution in [3.8, 4) is 0 Å². The number of hydrogen-bond acceptors (Lipinski definition) is 5. The van der Waals surface area contributed by atoms with Gasteiger partial charge < -0.3 is 21.7 Å². The van der Waals surface area contributed by atoms with Gasteiger partial charge in [-0.1, -0.05) is 11.8 Å². The third kappa shape index (κ3) is 72.8. The van der Waals surface area contributed by atoms with Gasteiger partial charge in [0.1, 0.15) is 0 Å². The lowest BCUT2D eigenvalue weighted by Gasteiger charge is -1.95. The number of carboxylic acids is 2. The van der Waals surface area contributed by atoms with E-state index in [4.69, 9.17) is 31.3 Å². The Balaban J connectivity index is -0.000000205. The zero-order valence-electron chi connectivity index (χ0n) is 10.3. The average Bonchev–Trinajstić information content (AvgIpc) is 2.13. The van der Waals surface area contributed by atoms with Crippen LogP contribution >= 0.6 is 11.8 Å². The van der Waals surface area contributed by atoms with E-state index in [1.165, 1.54) is 11.8 Å². The molecule has 0 aliphatic carbocycles. The Morgan fingerprint density at radius 3 is 1.82 bits per heavy atom. The number of rotatable bonds is 3. The van der Waals surface area contributed by atoms with Crippen LogP contribution in [0, 0.1) is 0 Å². The Morgan fingerprint density at radius 1 is 1.24 bits per heavy atom. The SMILES string of the molecule is CC(=O)O.CC(=O)O.CCN=C(N)SCCN. The molecule has 8 heteroatoms. The number of nitrogens with two attached hydrogens (primary N) is 2. The topological polar surface area (TPSA) is 139 Å². The first-order chi connectivity index (χ1) is 7.77. The first-order valence-corrected chi connectivity index (χ1v) is 5.78. The fraction of sp³-hybridized carbons (Fsp3) is 0.667. The Labute approximate surface area is 105 Å². The van der Waals surface area contributed by atoms with Crippen molar-refractivity contribution in [2.75, 3.05) is 18.8 Å². The zero-order valence-corrected chi connectivity index (χ0v) is 11.2. The summed E-state index contributed by atoms with van der Waals surface area (Å²) in [6.07, 6.45) is 0. The maximum Gasteiger partial charge on any atom is 0.300 e. The van der Waals surface area contributed by atoms with Crippen molar-refractivity contribution in [1.82, 2.24) is 0 Å². The number of carboxylic acid groups (broad SMARTS) is 2. The van der Waals surface area contributed by atoms with Crippen LogP contribution < -0.4 is 11.5 Å². The first-order valence-electron chi connectivity index (χ1n) is 4.79. The van der Waals surface area contributed by atoms with Crippen LogP contribution in [-0.2, 0) is 9.59 Å². The Kier molecular flexibility index (Phi) is 21.2. The van der Waals surface area contributed by atoms with Crippen molar-refractivity contribution in [3.05, 3.63) is 0 Å². The summed E-state index contributed by atoms with van der Waals surface area (Å²) in [4.78, 5) is 22.0. The van der Waals surface area contributed by atoms with Crippen molar-refractivity contribution in [2.45, 2.75) is 20.8 Å². The number of carbonyl (C=O) groups is 2. The lowest BCUT2D eigenvalue weighted by atomic mass is 10.8. The minimum atomic E-state index is -0.833. The molecule has 0 aromatic heterocycles. The van der Waals surface area contributed by atoms with Crippen LogP contribution in [0.25, 0.3) is 0 Å². The first kappa shape index (κ1) is 21.1. The van der Waals surface area contributed by atoms with E-state index < -0.39 is 11.9 Å². The van der Waals surface area contributed by atoms with Gasteiger partial charge in [-0.05, 0) is 6.92 Å². The fourth-order valence-electron chi connectivity index (χ4n) is 0.365. The van der Waals surface area contributed by atoms with Gasteiger partial charge in [-0.15, -0.1) is 0 Å². The molecule has 0 fully saturated rings. The third-order valence-corrected chi connectivity index (χ3v) is 1.55. The fourth-order valence-corrected chi connectivity index (χ4v) is 0.912. The minimum absolute atomic E-state index is 0.642. The molecule has 0 atom stereocenters. The molecule has 0 aliphatic heterocycles. The molecule has 0 amide bonds. The molecule has 7 nitrogen and oxygen atoms in total. The van der Waals surface area contributed by atoms with E-state index in [2.05, 4.69) is 4.99 Å². The summed E-state index contributed by atoms with van der Waals surface area (Å²) < 4.78 is 0. The second-order valence-corrected chi connectivity index (χ2v) is 3.60. The van der Waals surface area contributed by atoms with E-state index in [9.17, 15) is 0 Å². The number of amidine groups is 1. The number of aliphatic carboxylic acids is 2. The van der Waals surface area contributed by atoms with Gasteiger partial charge in [0.2, 0.25) is 0 Å². The zero-order chi connectivity index (χ0) is 14.3. The van der Waals surface area contributed by atoms with Gasteiger partial charge in [-0.25, -0.2) is 0 Å². The maximum absolute atomic E-state index is 9.00. The number of hydrogen-bond donors (Lipinski definition) is 4. The van der Waals surface area contributed by atoms with Crippen LogP contribution in [0.1, 0.15) is 20.8 Å².